The van der Waals surface area contributed by atoms with Crippen LogP contribution in [-0.2, 0) is 6.61 Å². The van der Waals surface area contributed by atoms with Crippen molar-refractivity contribution < 1.29 is 19.0 Å². The quantitative estimate of drug-likeness (QED) is 0.833. The normalized spacial score (nSPS) is 10.2. The number of rotatable bonds is 4. The van der Waals surface area contributed by atoms with Gasteiger partial charge in [-0.15, -0.1) is 0 Å². The third kappa shape index (κ3) is 3.44. The predicted octanol–water partition coefficient (Wildman–Crippen LogP) is 3.71. The van der Waals surface area contributed by atoms with Crippen LogP contribution in [-0.4, -0.2) is 11.1 Å². The predicted molar refractivity (Wildman–Crippen MR) is 76.9 cm³/mol. The van der Waals surface area contributed by atoms with E-state index in [9.17, 15) is 9.18 Å². The molecule has 19 heavy (non-hydrogen) atoms. The average Bonchev–Trinajstić information content (AvgIpc) is 2.38. The average molecular weight is 372 g/mol. The molecule has 0 unspecified atom stereocenters. The molecular formula is C14H10FIO3. The van der Waals surface area contributed by atoms with E-state index in [-0.39, 0.29) is 23.7 Å². The second kappa shape index (κ2) is 6.01. The minimum atomic E-state index is -1.07. The van der Waals surface area contributed by atoms with Crippen LogP contribution >= 0.6 is 22.6 Å². The van der Waals surface area contributed by atoms with Gasteiger partial charge in [-0.1, -0.05) is 18.2 Å². The van der Waals surface area contributed by atoms with Gasteiger partial charge in [0.2, 0.25) is 0 Å². The van der Waals surface area contributed by atoms with Crippen molar-refractivity contribution in [3.8, 4) is 5.75 Å². The summed E-state index contributed by atoms with van der Waals surface area (Å²) in [6.07, 6.45) is 0. The zero-order chi connectivity index (χ0) is 13.8. The minimum Gasteiger partial charge on any atom is -0.488 e. The highest BCUT2D eigenvalue weighted by atomic mass is 127. The fourth-order valence-corrected chi connectivity index (χ4v) is 2.06. The third-order valence-electron chi connectivity index (χ3n) is 2.51. The molecule has 0 aromatic heterocycles. The van der Waals surface area contributed by atoms with E-state index in [0.717, 1.165) is 3.57 Å². The number of ether oxygens (including phenoxy) is 1. The Labute approximate surface area is 123 Å². The first-order chi connectivity index (χ1) is 9.08. The topological polar surface area (TPSA) is 46.5 Å². The molecule has 0 aliphatic rings. The summed E-state index contributed by atoms with van der Waals surface area (Å²) < 4.78 is 19.6. The van der Waals surface area contributed by atoms with Crippen molar-refractivity contribution in [3.05, 3.63) is 63.0 Å². The van der Waals surface area contributed by atoms with E-state index in [0.29, 0.717) is 5.56 Å². The van der Waals surface area contributed by atoms with Crippen LogP contribution in [0.5, 0.6) is 5.75 Å². The van der Waals surface area contributed by atoms with Gasteiger partial charge in [-0.05, 0) is 46.9 Å². The number of hydrogen-bond acceptors (Lipinski definition) is 2. The summed E-state index contributed by atoms with van der Waals surface area (Å²) in [7, 11) is 0. The molecule has 0 heterocycles. The Morgan fingerprint density at radius 1 is 1.26 bits per heavy atom. The van der Waals surface area contributed by atoms with Gasteiger partial charge in [0.05, 0.1) is 0 Å². The molecule has 3 nitrogen and oxygen atoms in total. The lowest BCUT2D eigenvalue weighted by Gasteiger charge is -2.10. The Morgan fingerprint density at radius 2 is 2.00 bits per heavy atom. The van der Waals surface area contributed by atoms with E-state index in [2.05, 4.69) is 0 Å². The molecule has 2 aromatic rings. The van der Waals surface area contributed by atoms with Gasteiger partial charge in [0.15, 0.2) is 0 Å². The number of aromatic carboxylic acids is 1. The lowest BCUT2D eigenvalue weighted by Crippen LogP contribution is -2.04. The molecule has 0 atom stereocenters. The first-order valence-electron chi connectivity index (χ1n) is 5.47. The van der Waals surface area contributed by atoms with Crippen molar-refractivity contribution in [2.45, 2.75) is 6.61 Å². The Balaban J connectivity index is 2.20. The zero-order valence-corrected chi connectivity index (χ0v) is 11.9. The second-order valence-electron chi connectivity index (χ2n) is 3.83. The molecule has 0 amide bonds. The lowest BCUT2D eigenvalue weighted by molar-refractivity contribution is 0.0691. The molecule has 0 fully saturated rings. The van der Waals surface area contributed by atoms with Crippen LogP contribution in [0.2, 0.25) is 0 Å². The van der Waals surface area contributed by atoms with Gasteiger partial charge >= 0.3 is 5.97 Å². The van der Waals surface area contributed by atoms with Crippen LogP contribution in [0.3, 0.4) is 0 Å². The van der Waals surface area contributed by atoms with Gasteiger partial charge in [0, 0.05) is 9.13 Å². The fourth-order valence-electron chi connectivity index (χ4n) is 1.57. The molecule has 0 saturated carbocycles. The van der Waals surface area contributed by atoms with E-state index < -0.39 is 5.97 Å². The smallest absolute Gasteiger partial charge is 0.339 e. The summed E-state index contributed by atoms with van der Waals surface area (Å²) in [6.45, 7) is -0.00640. The number of carboxylic acids is 1. The van der Waals surface area contributed by atoms with Gasteiger partial charge < -0.3 is 9.84 Å². The molecule has 98 valence electrons. The Bertz CT molecular complexity index is 613. The number of benzene rings is 2. The van der Waals surface area contributed by atoms with Gasteiger partial charge in [-0.25, -0.2) is 9.18 Å². The molecule has 0 bridgehead atoms. The lowest BCUT2D eigenvalue weighted by atomic mass is 10.2. The van der Waals surface area contributed by atoms with Crippen LogP contribution in [0.1, 0.15) is 15.9 Å². The number of carbonyl (C=O) groups is 1. The van der Waals surface area contributed by atoms with E-state index in [1.807, 2.05) is 22.6 Å². The summed E-state index contributed by atoms with van der Waals surface area (Å²) >= 11 is 2.02. The van der Waals surface area contributed by atoms with Crippen molar-refractivity contribution >= 4 is 28.6 Å². The summed E-state index contributed by atoms with van der Waals surface area (Å²) in [5, 5.41) is 9.08. The molecular weight excluding hydrogens is 362 g/mol. The highest BCUT2D eigenvalue weighted by Gasteiger charge is 2.12. The molecule has 0 spiro atoms. The first kappa shape index (κ1) is 13.8. The molecule has 5 heteroatoms. The summed E-state index contributed by atoms with van der Waals surface area (Å²) in [4.78, 5) is 11.1. The maximum atomic E-state index is 13.4. The first-order valence-corrected chi connectivity index (χ1v) is 6.55. The monoisotopic (exact) mass is 372 g/mol. The summed E-state index contributed by atoms with van der Waals surface area (Å²) in [5.74, 6) is -1.21. The zero-order valence-electron chi connectivity index (χ0n) is 9.77. The maximum Gasteiger partial charge on any atom is 0.339 e. The fraction of sp³-hybridized carbons (Fsp3) is 0.0714. The van der Waals surface area contributed by atoms with Crippen molar-refractivity contribution in [1.29, 1.82) is 0 Å². The Morgan fingerprint density at radius 3 is 2.68 bits per heavy atom. The molecule has 0 aliphatic heterocycles. The minimum absolute atomic E-state index is 0.00640. The van der Waals surface area contributed by atoms with Crippen molar-refractivity contribution in [2.75, 3.05) is 0 Å². The van der Waals surface area contributed by atoms with Crippen LogP contribution in [0.15, 0.2) is 42.5 Å². The number of halogens is 2. The van der Waals surface area contributed by atoms with E-state index in [4.69, 9.17) is 9.84 Å². The van der Waals surface area contributed by atoms with E-state index in [1.54, 1.807) is 30.3 Å². The Hall–Kier alpha value is -1.63. The summed E-state index contributed by atoms with van der Waals surface area (Å²) in [5.41, 5.74) is 0.459. The number of hydrogen-bond donors (Lipinski definition) is 1. The van der Waals surface area contributed by atoms with Crippen LogP contribution in [0.4, 0.5) is 4.39 Å². The van der Waals surface area contributed by atoms with Crippen LogP contribution in [0, 0.1) is 9.39 Å². The maximum absolute atomic E-state index is 13.4. The van der Waals surface area contributed by atoms with Gasteiger partial charge in [0.25, 0.3) is 0 Å². The molecule has 2 rings (SSSR count). The Kier molecular flexibility index (Phi) is 4.36. The largest absolute Gasteiger partial charge is 0.488 e. The van der Waals surface area contributed by atoms with Crippen molar-refractivity contribution in [3.63, 3.8) is 0 Å². The van der Waals surface area contributed by atoms with Gasteiger partial charge in [-0.2, -0.15) is 0 Å². The van der Waals surface area contributed by atoms with Crippen molar-refractivity contribution in [2.24, 2.45) is 0 Å². The second-order valence-corrected chi connectivity index (χ2v) is 5.07. The molecule has 0 aliphatic carbocycles. The van der Waals surface area contributed by atoms with Gasteiger partial charge in [0.1, 0.15) is 23.7 Å². The SMILES string of the molecule is O=C(O)c1cc(I)ccc1OCc1ccccc1F. The van der Waals surface area contributed by atoms with Crippen molar-refractivity contribution in [1.82, 2.24) is 0 Å². The van der Waals surface area contributed by atoms with Gasteiger partial charge in [-0.3, -0.25) is 0 Å². The highest BCUT2D eigenvalue weighted by molar-refractivity contribution is 14.1. The number of carboxylic acid groups (broad SMARTS) is 1. The van der Waals surface area contributed by atoms with Crippen LogP contribution < -0.4 is 4.74 Å². The third-order valence-corrected chi connectivity index (χ3v) is 3.18. The summed E-state index contributed by atoms with van der Waals surface area (Å²) in [6, 6.07) is 11.1. The molecule has 0 saturated heterocycles. The molecule has 2 aromatic carbocycles. The van der Waals surface area contributed by atoms with E-state index >= 15 is 0 Å². The molecule has 1 N–H and O–H groups in total. The highest BCUT2D eigenvalue weighted by Crippen LogP contribution is 2.22. The molecule has 0 radical (unpaired) electrons. The van der Waals surface area contributed by atoms with Crippen LogP contribution in [0.25, 0.3) is 0 Å². The standard InChI is InChI=1S/C14H10FIO3/c15-12-4-2-1-3-9(12)8-19-13-6-5-10(16)7-11(13)14(17)18/h1-7H,8H2,(H,17,18). The van der Waals surface area contributed by atoms with E-state index in [1.165, 1.54) is 12.1 Å².